The van der Waals surface area contributed by atoms with Crippen LogP contribution in [0.25, 0.3) is 0 Å². The third-order valence-corrected chi connectivity index (χ3v) is 5.35. The summed E-state index contributed by atoms with van der Waals surface area (Å²) in [6.07, 6.45) is -0.862. The van der Waals surface area contributed by atoms with Crippen molar-refractivity contribution >= 4 is 17.3 Å². The maximum atomic E-state index is 11.2. The van der Waals surface area contributed by atoms with E-state index >= 15 is 0 Å². The molecule has 0 bridgehead atoms. The molecule has 0 radical (unpaired) electrons. The normalized spacial score (nSPS) is 11.7. The predicted octanol–water partition coefficient (Wildman–Crippen LogP) is 5.37. The van der Waals surface area contributed by atoms with Gasteiger partial charge >= 0.3 is 0 Å². The highest BCUT2D eigenvalue weighted by molar-refractivity contribution is 6.30. The highest BCUT2D eigenvalue weighted by atomic mass is 35.5. The van der Waals surface area contributed by atoms with Crippen molar-refractivity contribution in [2.45, 2.75) is 19.6 Å². The lowest BCUT2D eigenvalue weighted by molar-refractivity contribution is 0.219. The minimum Gasteiger partial charge on any atom is -0.497 e. The average molecular weight is 428 g/mol. The Labute approximate surface area is 182 Å². The number of nitrogens with one attached hydrogen (secondary N) is 1. The minimum absolute atomic E-state index is 0.506. The molecule has 3 aromatic rings. The molecule has 5 nitrogen and oxygen atoms in total. The molecule has 0 aliphatic rings. The zero-order valence-electron chi connectivity index (χ0n) is 17.5. The molecule has 0 amide bonds. The van der Waals surface area contributed by atoms with E-state index in [0.29, 0.717) is 17.1 Å². The van der Waals surface area contributed by atoms with Gasteiger partial charge in [-0.2, -0.15) is 0 Å². The summed E-state index contributed by atoms with van der Waals surface area (Å²) in [7, 11) is 4.86. The van der Waals surface area contributed by atoms with Crippen LogP contribution in [0.4, 0.5) is 5.69 Å². The zero-order valence-corrected chi connectivity index (χ0v) is 18.3. The van der Waals surface area contributed by atoms with E-state index < -0.39 is 6.10 Å². The lowest BCUT2D eigenvalue weighted by atomic mass is 9.95. The van der Waals surface area contributed by atoms with E-state index in [0.717, 1.165) is 39.6 Å². The lowest BCUT2D eigenvalue weighted by Crippen LogP contribution is -2.09. The first-order valence-corrected chi connectivity index (χ1v) is 9.92. The smallest absolute Gasteiger partial charge is 0.127 e. The van der Waals surface area contributed by atoms with Crippen LogP contribution in [0.3, 0.4) is 0 Å². The van der Waals surface area contributed by atoms with Crippen molar-refractivity contribution in [1.82, 2.24) is 0 Å². The molecule has 1 unspecified atom stereocenters. The Morgan fingerprint density at radius 2 is 1.67 bits per heavy atom. The highest BCUT2D eigenvalue weighted by Crippen LogP contribution is 2.35. The van der Waals surface area contributed by atoms with Gasteiger partial charge in [-0.1, -0.05) is 23.7 Å². The van der Waals surface area contributed by atoms with Crippen molar-refractivity contribution in [3.63, 3.8) is 0 Å². The topological polar surface area (TPSA) is 60.0 Å². The quantitative estimate of drug-likeness (QED) is 0.506. The third-order valence-electron chi connectivity index (χ3n) is 5.11. The van der Waals surface area contributed by atoms with Gasteiger partial charge in [0.1, 0.15) is 23.4 Å². The Morgan fingerprint density at radius 3 is 2.37 bits per heavy atom. The Bertz CT molecular complexity index is 1020. The molecule has 6 heteroatoms. The number of hydrogen-bond acceptors (Lipinski definition) is 5. The number of methoxy groups -OCH3 is 3. The molecular weight excluding hydrogens is 402 g/mol. The molecular formula is C24H26ClNO4. The van der Waals surface area contributed by atoms with Gasteiger partial charge in [-0.25, -0.2) is 0 Å². The highest BCUT2D eigenvalue weighted by Gasteiger charge is 2.19. The van der Waals surface area contributed by atoms with Gasteiger partial charge in [-0.15, -0.1) is 0 Å². The number of halogens is 1. The summed E-state index contributed by atoms with van der Waals surface area (Å²) in [5.74, 6) is 2.18. The van der Waals surface area contributed by atoms with Crippen LogP contribution in [0.1, 0.15) is 28.4 Å². The monoisotopic (exact) mass is 427 g/mol. The SMILES string of the molecule is COc1ccc(CNc2ccc(Cl)cc2C(O)c2cccc(OC)c2C)c(OC)c1. The fraction of sp³-hybridized carbons (Fsp3) is 0.250. The molecule has 0 fully saturated rings. The van der Waals surface area contributed by atoms with E-state index in [2.05, 4.69) is 5.32 Å². The first-order valence-electron chi connectivity index (χ1n) is 9.54. The van der Waals surface area contributed by atoms with Crippen LogP contribution >= 0.6 is 11.6 Å². The molecule has 0 heterocycles. The summed E-state index contributed by atoms with van der Waals surface area (Å²) in [4.78, 5) is 0. The molecule has 158 valence electrons. The Kier molecular flexibility index (Phi) is 7.08. The molecule has 30 heavy (non-hydrogen) atoms. The van der Waals surface area contributed by atoms with Crippen molar-refractivity contribution in [3.8, 4) is 17.2 Å². The summed E-state index contributed by atoms with van der Waals surface area (Å²) in [5.41, 5.74) is 4.08. The van der Waals surface area contributed by atoms with Crippen molar-refractivity contribution < 1.29 is 19.3 Å². The maximum absolute atomic E-state index is 11.2. The van der Waals surface area contributed by atoms with Crippen molar-refractivity contribution in [2.75, 3.05) is 26.6 Å². The zero-order chi connectivity index (χ0) is 21.7. The average Bonchev–Trinajstić information content (AvgIpc) is 2.77. The van der Waals surface area contributed by atoms with Crippen molar-refractivity contribution in [2.24, 2.45) is 0 Å². The molecule has 0 saturated heterocycles. The van der Waals surface area contributed by atoms with Gasteiger partial charge in [0.05, 0.1) is 21.3 Å². The van der Waals surface area contributed by atoms with Crippen molar-refractivity contribution in [1.29, 1.82) is 0 Å². The van der Waals surface area contributed by atoms with E-state index in [-0.39, 0.29) is 0 Å². The van der Waals surface area contributed by atoms with Gasteiger partial charge in [0.2, 0.25) is 0 Å². The number of anilines is 1. The van der Waals surface area contributed by atoms with Crippen LogP contribution in [0, 0.1) is 6.92 Å². The largest absolute Gasteiger partial charge is 0.497 e. The second-order valence-corrected chi connectivity index (χ2v) is 7.28. The molecule has 3 aromatic carbocycles. The fourth-order valence-corrected chi connectivity index (χ4v) is 3.61. The summed E-state index contributed by atoms with van der Waals surface area (Å²) in [6.45, 7) is 2.43. The van der Waals surface area contributed by atoms with E-state index in [1.165, 1.54) is 0 Å². The number of aliphatic hydroxyl groups is 1. The van der Waals surface area contributed by atoms with Crippen LogP contribution in [-0.2, 0) is 6.54 Å². The van der Waals surface area contributed by atoms with Crippen LogP contribution < -0.4 is 19.5 Å². The second-order valence-electron chi connectivity index (χ2n) is 6.84. The molecule has 3 rings (SSSR count). The first kappa shape index (κ1) is 21.8. The lowest BCUT2D eigenvalue weighted by Gasteiger charge is -2.21. The van der Waals surface area contributed by atoms with E-state index in [1.807, 2.05) is 49.4 Å². The standard InChI is InChI=1S/C24H26ClNO4/c1-15-19(6-5-7-22(15)29-3)24(27)20-12-17(25)9-11-21(20)26-14-16-8-10-18(28-2)13-23(16)30-4/h5-13,24,26-27H,14H2,1-4H3. The summed E-state index contributed by atoms with van der Waals surface area (Å²) in [5, 5.41) is 15.1. The van der Waals surface area contributed by atoms with Gasteiger partial charge in [-0.3, -0.25) is 0 Å². The number of benzene rings is 3. The number of rotatable bonds is 8. The third kappa shape index (κ3) is 4.64. The van der Waals surface area contributed by atoms with Crippen LogP contribution in [-0.4, -0.2) is 26.4 Å². The van der Waals surface area contributed by atoms with Gasteiger partial charge < -0.3 is 24.6 Å². The van der Waals surface area contributed by atoms with E-state index in [1.54, 1.807) is 33.5 Å². The van der Waals surface area contributed by atoms with Gasteiger partial charge in [0.25, 0.3) is 0 Å². The van der Waals surface area contributed by atoms with Crippen molar-refractivity contribution in [3.05, 3.63) is 81.9 Å². The maximum Gasteiger partial charge on any atom is 0.127 e. The fourth-order valence-electron chi connectivity index (χ4n) is 3.43. The van der Waals surface area contributed by atoms with E-state index in [9.17, 15) is 5.11 Å². The summed E-state index contributed by atoms with van der Waals surface area (Å²) >= 11 is 6.25. The Balaban J connectivity index is 1.91. The molecule has 1 atom stereocenters. The van der Waals surface area contributed by atoms with Crippen LogP contribution in [0.5, 0.6) is 17.2 Å². The second kappa shape index (κ2) is 9.74. The first-order chi connectivity index (χ1) is 14.5. The Morgan fingerprint density at radius 1 is 0.900 bits per heavy atom. The minimum atomic E-state index is -0.862. The molecule has 2 N–H and O–H groups in total. The molecule has 0 spiro atoms. The predicted molar refractivity (Wildman–Crippen MR) is 120 cm³/mol. The molecule has 0 aromatic heterocycles. The summed E-state index contributed by atoms with van der Waals surface area (Å²) in [6, 6.07) is 16.7. The number of hydrogen-bond donors (Lipinski definition) is 2. The van der Waals surface area contributed by atoms with Gasteiger partial charge in [-0.05, 0) is 54.4 Å². The molecule has 0 saturated carbocycles. The van der Waals surface area contributed by atoms with Crippen LogP contribution in [0.15, 0.2) is 54.6 Å². The molecule has 0 aliphatic heterocycles. The van der Waals surface area contributed by atoms with E-state index in [4.69, 9.17) is 25.8 Å². The van der Waals surface area contributed by atoms with Crippen LogP contribution in [0.2, 0.25) is 5.02 Å². The number of aliphatic hydroxyl groups excluding tert-OH is 1. The summed E-state index contributed by atoms with van der Waals surface area (Å²) < 4.78 is 16.1. The number of ether oxygens (including phenoxy) is 3. The molecule has 0 aliphatic carbocycles. The van der Waals surface area contributed by atoms with Gasteiger partial charge in [0, 0.05) is 34.4 Å². The van der Waals surface area contributed by atoms with Gasteiger partial charge in [0.15, 0.2) is 0 Å². The Hall–Kier alpha value is -2.89.